The summed E-state index contributed by atoms with van der Waals surface area (Å²) in [5.41, 5.74) is 3.45. The van der Waals surface area contributed by atoms with Gasteiger partial charge in [0.15, 0.2) is 0 Å². The quantitative estimate of drug-likeness (QED) is 0.540. The van der Waals surface area contributed by atoms with Gasteiger partial charge in [0.25, 0.3) is 0 Å². The van der Waals surface area contributed by atoms with Gasteiger partial charge in [0, 0.05) is 17.5 Å². The van der Waals surface area contributed by atoms with Gasteiger partial charge in [-0.1, -0.05) is 43.5 Å². The lowest BCUT2D eigenvalue weighted by Gasteiger charge is -2.25. The van der Waals surface area contributed by atoms with Crippen molar-refractivity contribution >= 4 is 29.5 Å². The second kappa shape index (κ2) is 9.60. The van der Waals surface area contributed by atoms with Gasteiger partial charge in [-0.3, -0.25) is 4.90 Å². The van der Waals surface area contributed by atoms with Crippen molar-refractivity contribution < 1.29 is 14.3 Å². The maximum atomic E-state index is 12.3. The second-order valence-corrected chi connectivity index (χ2v) is 7.29. The molecule has 1 aliphatic carbocycles. The van der Waals surface area contributed by atoms with E-state index in [1.165, 1.54) is 44.8 Å². The van der Waals surface area contributed by atoms with Crippen LogP contribution in [0.4, 0.5) is 10.5 Å². The molecule has 1 aliphatic rings. The number of benzene rings is 2. The van der Waals surface area contributed by atoms with Gasteiger partial charge in [-0.25, -0.2) is 14.4 Å². The maximum Gasteiger partial charge on any atom is 0.337 e. The number of carbonyl (C=O) groups is 2. The third-order valence-electron chi connectivity index (χ3n) is 5.32. The minimum absolute atomic E-state index is 0.336. The van der Waals surface area contributed by atoms with Gasteiger partial charge in [0.1, 0.15) is 0 Å². The van der Waals surface area contributed by atoms with E-state index in [1.807, 2.05) is 12.1 Å². The minimum Gasteiger partial charge on any atom is -0.465 e. The summed E-state index contributed by atoms with van der Waals surface area (Å²) in [5, 5.41) is 0. The van der Waals surface area contributed by atoms with E-state index in [0.717, 1.165) is 11.3 Å². The summed E-state index contributed by atoms with van der Waals surface area (Å²) in [6.45, 7) is 0.336. The third kappa shape index (κ3) is 4.84. The van der Waals surface area contributed by atoms with Crippen LogP contribution < -0.4 is 9.74 Å². The van der Waals surface area contributed by atoms with E-state index in [4.69, 9.17) is 16.5 Å². The first kappa shape index (κ1) is 20.2. The molecule has 1 saturated carbocycles. The Balaban J connectivity index is 1.76. The molecule has 0 aliphatic heterocycles. The van der Waals surface area contributed by atoms with Crippen LogP contribution in [0.5, 0.6) is 0 Å². The number of nitrogens with zero attached hydrogens (tertiary/aromatic N) is 1. The van der Waals surface area contributed by atoms with Crippen molar-refractivity contribution in [3.8, 4) is 0 Å². The van der Waals surface area contributed by atoms with E-state index < -0.39 is 6.03 Å². The molecule has 0 atom stereocenters. The summed E-state index contributed by atoms with van der Waals surface area (Å²) < 4.78 is 4.71. The number of urea groups is 1. The van der Waals surface area contributed by atoms with E-state index >= 15 is 0 Å². The van der Waals surface area contributed by atoms with E-state index in [2.05, 4.69) is 17.0 Å². The van der Waals surface area contributed by atoms with Gasteiger partial charge in [-0.15, -0.1) is 0 Å². The Kier molecular flexibility index (Phi) is 6.93. The molecule has 2 aromatic rings. The predicted octanol–water partition coefficient (Wildman–Crippen LogP) is 5.39. The van der Waals surface area contributed by atoms with Crippen LogP contribution in [-0.2, 0) is 11.3 Å². The molecule has 1 fully saturated rings. The predicted molar refractivity (Wildman–Crippen MR) is 111 cm³/mol. The van der Waals surface area contributed by atoms with Crippen LogP contribution in [0.25, 0.3) is 0 Å². The number of halogens is 1. The fraction of sp³-hybridized carbons (Fsp3) is 0.364. The molecule has 1 N–H and O–H groups in total. The number of methoxy groups -OCH3 is 1. The largest absolute Gasteiger partial charge is 0.465 e. The lowest BCUT2D eigenvalue weighted by Crippen LogP contribution is -2.35. The molecule has 0 aromatic heterocycles. The van der Waals surface area contributed by atoms with Gasteiger partial charge in [0.2, 0.25) is 0 Å². The Bertz CT molecular complexity index is 800. The average Bonchev–Trinajstić information content (AvgIpc) is 2.77. The van der Waals surface area contributed by atoms with Crippen LogP contribution in [0.2, 0.25) is 0 Å². The van der Waals surface area contributed by atoms with E-state index in [1.54, 1.807) is 29.2 Å². The van der Waals surface area contributed by atoms with Gasteiger partial charge < -0.3 is 4.74 Å². The summed E-state index contributed by atoms with van der Waals surface area (Å²) >= 11 is 5.60. The molecule has 0 saturated heterocycles. The highest BCUT2D eigenvalue weighted by atomic mass is 35.5. The molecule has 0 radical (unpaired) electrons. The van der Waals surface area contributed by atoms with E-state index in [-0.39, 0.29) is 5.97 Å². The molecule has 0 spiro atoms. The van der Waals surface area contributed by atoms with Crippen LogP contribution in [0, 0.1) is 0 Å². The van der Waals surface area contributed by atoms with E-state index in [9.17, 15) is 9.59 Å². The lowest BCUT2D eigenvalue weighted by molar-refractivity contribution is 0.0600. The first-order valence-electron chi connectivity index (χ1n) is 9.57. The number of hydrogen-bond donors (Lipinski definition) is 1. The van der Waals surface area contributed by atoms with Crippen molar-refractivity contribution in [2.24, 2.45) is 0 Å². The lowest BCUT2D eigenvalue weighted by atomic mass is 9.84. The normalized spacial score (nSPS) is 14.4. The molecule has 2 aromatic carbocycles. The molecule has 5 nitrogen and oxygen atoms in total. The molecular formula is C22H25ClN2O3. The molecule has 6 heteroatoms. The summed E-state index contributed by atoms with van der Waals surface area (Å²) in [4.78, 5) is 27.7. The third-order valence-corrected chi connectivity index (χ3v) is 5.48. The first-order valence-corrected chi connectivity index (χ1v) is 9.95. The number of nitrogens with one attached hydrogen (secondary N) is 1. The van der Waals surface area contributed by atoms with Crippen LogP contribution in [-0.4, -0.2) is 19.1 Å². The highest BCUT2D eigenvalue weighted by molar-refractivity contribution is 6.23. The first-order chi connectivity index (χ1) is 13.6. The SMILES string of the molecule is COC(=O)c1ccc(CN(C(=O)NCl)c2ccc(C3CCCCC3)cc2)cc1. The standard InChI is InChI=1S/C22H25ClN2O3/c1-28-21(26)19-9-7-16(8-10-19)15-25(22(27)24-23)20-13-11-18(12-14-20)17-5-3-2-4-6-17/h7-14,17H,2-6,15H2,1H3,(H,24,27). The highest BCUT2D eigenvalue weighted by Crippen LogP contribution is 2.33. The molecule has 0 unspecified atom stereocenters. The molecule has 0 heterocycles. The van der Waals surface area contributed by atoms with Crippen molar-refractivity contribution in [1.82, 2.24) is 4.84 Å². The summed E-state index contributed by atoms with van der Waals surface area (Å²) in [5.74, 6) is 0.226. The number of anilines is 1. The topological polar surface area (TPSA) is 58.6 Å². The fourth-order valence-corrected chi connectivity index (χ4v) is 3.84. The molecule has 0 bridgehead atoms. The van der Waals surface area contributed by atoms with Gasteiger partial charge >= 0.3 is 12.0 Å². The van der Waals surface area contributed by atoms with Gasteiger partial charge in [0.05, 0.1) is 19.2 Å². The zero-order chi connectivity index (χ0) is 19.9. The van der Waals surface area contributed by atoms with Gasteiger partial charge in [-0.2, -0.15) is 0 Å². The van der Waals surface area contributed by atoms with Crippen molar-refractivity contribution in [3.63, 3.8) is 0 Å². The summed E-state index contributed by atoms with van der Waals surface area (Å²) in [6, 6.07) is 14.7. The van der Waals surface area contributed by atoms with Crippen molar-refractivity contribution in [2.45, 2.75) is 44.6 Å². The van der Waals surface area contributed by atoms with Gasteiger partial charge in [-0.05, 0) is 54.2 Å². The Hall–Kier alpha value is -2.53. The van der Waals surface area contributed by atoms with Crippen molar-refractivity contribution in [2.75, 3.05) is 12.0 Å². The fourth-order valence-electron chi connectivity index (χ4n) is 3.74. The van der Waals surface area contributed by atoms with Crippen LogP contribution in [0.3, 0.4) is 0 Å². The highest BCUT2D eigenvalue weighted by Gasteiger charge is 2.19. The van der Waals surface area contributed by atoms with Crippen LogP contribution >= 0.6 is 11.8 Å². The van der Waals surface area contributed by atoms with E-state index in [0.29, 0.717) is 18.0 Å². The zero-order valence-corrected chi connectivity index (χ0v) is 16.7. The Labute approximate surface area is 170 Å². The summed E-state index contributed by atoms with van der Waals surface area (Å²) in [7, 11) is 1.35. The maximum absolute atomic E-state index is 12.3. The minimum atomic E-state index is -0.399. The number of rotatable bonds is 5. The summed E-state index contributed by atoms with van der Waals surface area (Å²) in [6.07, 6.45) is 6.37. The average molecular weight is 401 g/mol. The van der Waals surface area contributed by atoms with Crippen LogP contribution in [0.15, 0.2) is 48.5 Å². The second-order valence-electron chi connectivity index (χ2n) is 7.10. The smallest absolute Gasteiger partial charge is 0.337 e. The molecule has 28 heavy (non-hydrogen) atoms. The zero-order valence-electron chi connectivity index (χ0n) is 16.0. The van der Waals surface area contributed by atoms with Crippen molar-refractivity contribution in [1.29, 1.82) is 0 Å². The molecule has 2 amide bonds. The molecule has 148 valence electrons. The Morgan fingerprint density at radius 1 is 1.04 bits per heavy atom. The molecular weight excluding hydrogens is 376 g/mol. The molecule has 3 rings (SSSR count). The monoisotopic (exact) mass is 400 g/mol. The van der Waals surface area contributed by atoms with Crippen molar-refractivity contribution in [3.05, 3.63) is 65.2 Å². The number of carbonyl (C=O) groups excluding carboxylic acids is 2. The number of ether oxygens (including phenoxy) is 1. The number of esters is 1. The Morgan fingerprint density at radius 3 is 2.25 bits per heavy atom. The Morgan fingerprint density at radius 2 is 1.68 bits per heavy atom. The number of hydrogen-bond acceptors (Lipinski definition) is 3. The number of amides is 2. The van der Waals surface area contributed by atoms with Crippen LogP contribution in [0.1, 0.15) is 59.5 Å².